The Morgan fingerprint density at radius 1 is 0.957 bits per heavy atom. The van der Waals surface area contributed by atoms with Gasteiger partial charge in [-0.25, -0.2) is 19.6 Å². The fourth-order valence-electron chi connectivity index (χ4n) is 5.87. The second-order valence-corrected chi connectivity index (χ2v) is 13.3. The fourth-order valence-corrected chi connectivity index (χ4v) is 6.34. The third-order valence-electron chi connectivity index (χ3n) is 8.57. The number of fused-ring (bicyclic) bond motifs is 1. The molecule has 14 heteroatoms. The molecule has 3 amide bonds. The number of nitrogens with one attached hydrogen (secondary N) is 2. The highest BCUT2D eigenvalue weighted by molar-refractivity contribution is 7.98. The van der Waals surface area contributed by atoms with Crippen LogP contribution in [0.1, 0.15) is 45.0 Å². The molecule has 0 saturated carbocycles. The smallest absolute Gasteiger partial charge is 0.243 e. The first-order valence-electron chi connectivity index (χ1n) is 16.4. The number of thioether (sulfide) groups is 1. The molecule has 0 aliphatic carbocycles. The summed E-state index contributed by atoms with van der Waals surface area (Å²) in [6, 6.07) is 10.4. The molecular formula is C33H46N10O3S. The molecule has 252 valence electrons. The monoisotopic (exact) mass is 662 g/mol. The molecule has 1 saturated heterocycles. The molecule has 4 heterocycles. The number of hydrogen-bond donors (Lipinski definition) is 2. The van der Waals surface area contributed by atoms with Crippen molar-refractivity contribution in [1.82, 2.24) is 45.2 Å². The van der Waals surface area contributed by atoms with Crippen molar-refractivity contribution >= 4 is 35.4 Å². The Bertz CT molecular complexity index is 1460. The van der Waals surface area contributed by atoms with Crippen LogP contribution >= 0.6 is 11.8 Å². The van der Waals surface area contributed by atoms with Gasteiger partial charge >= 0.3 is 0 Å². The van der Waals surface area contributed by atoms with Crippen molar-refractivity contribution in [3.63, 3.8) is 0 Å². The molecule has 3 aromatic rings. The first-order chi connectivity index (χ1) is 22.8. The molecule has 13 nitrogen and oxygen atoms in total. The molecule has 0 bridgehead atoms. The summed E-state index contributed by atoms with van der Waals surface area (Å²) in [4.78, 5) is 60.3. The van der Waals surface area contributed by atoms with Crippen molar-refractivity contribution in [1.29, 1.82) is 0 Å². The Balaban J connectivity index is 1.37. The molecule has 2 atom stereocenters. The standard InChI is InChI=1S/C33H46N10O3S/c1-24(2)29-31-38-30(25-9-5-4-6-10-25)39-43(31)21-20-41(15-7-11-27(44)36-26(12-22-47-3)32(46)37-29)28(45)23-40-16-18-42(19-17-40)33-34-13-8-14-35-33/h4-6,8-10,13-14,24,26,29H,7,11-12,15-23H2,1-3H3,(H,36,44)(H,37,46)/t26-,29+/m0/s1. The lowest BCUT2D eigenvalue weighted by atomic mass is 10.0. The minimum Gasteiger partial charge on any atom is -0.344 e. The van der Waals surface area contributed by atoms with Crippen molar-refractivity contribution < 1.29 is 14.4 Å². The number of hydrogen-bond acceptors (Lipinski definition) is 10. The Hall–Kier alpha value is -4.04. The van der Waals surface area contributed by atoms with Crippen LogP contribution in [0.4, 0.5) is 5.95 Å². The molecule has 1 aromatic carbocycles. The third-order valence-corrected chi connectivity index (χ3v) is 9.21. The Kier molecular flexibility index (Phi) is 12.2. The molecule has 2 aliphatic rings. The van der Waals surface area contributed by atoms with E-state index in [4.69, 9.17) is 10.1 Å². The number of anilines is 1. The second-order valence-electron chi connectivity index (χ2n) is 12.3. The average molecular weight is 663 g/mol. The van der Waals surface area contributed by atoms with Gasteiger partial charge in [-0.15, -0.1) is 0 Å². The summed E-state index contributed by atoms with van der Waals surface area (Å²) in [7, 11) is 0. The number of aromatic nitrogens is 5. The molecule has 47 heavy (non-hydrogen) atoms. The molecular weight excluding hydrogens is 616 g/mol. The number of rotatable bonds is 8. The number of carbonyl (C=O) groups excluding carboxylic acids is 3. The van der Waals surface area contributed by atoms with Gasteiger partial charge in [0, 0.05) is 63.6 Å². The topological polar surface area (TPSA) is 141 Å². The quantitative estimate of drug-likeness (QED) is 0.369. The van der Waals surface area contributed by atoms with Gasteiger partial charge in [-0.1, -0.05) is 44.2 Å². The Labute approximate surface area is 280 Å². The summed E-state index contributed by atoms with van der Waals surface area (Å²) in [5.74, 6) is 2.22. The van der Waals surface area contributed by atoms with Gasteiger partial charge in [-0.3, -0.25) is 19.3 Å². The van der Waals surface area contributed by atoms with E-state index >= 15 is 0 Å². The van der Waals surface area contributed by atoms with Crippen molar-refractivity contribution in [2.45, 2.75) is 51.7 Å². The average Bonchev–Trinajstić information content (AvgIpc) is 3.51. The molecule has 0 radical (unpaired) electrons. The molecule has 2 aromatic heterocycles. The predicted molar refractivity (Wildman–Crippen MR) is 183 cm³/mol. The Morgan fingerprint density at radius 2 is 1.70 bits per heavy atom. The van der Waals surface area contributed by atoms with Gasteiger partial charge in [0.25, 0.3) is 0 Å². The highest BCUT2D eigenvalue weighted by Gasteiger charge is 2.30. The van der Waals surface area contributed by atoms with E-state index in [9.17, 15) is 14.4 Å². The highest BCUT2D eigenvalue weighted by atomic mass is 32.2. The van der Waals surface area contributed by atoms with E-state index in [1.54, 1.807) is 30.2 Å². The highest BCUT2D eigenvalue weighted by Crippen LogP contribution is 2.25. The molecule has 0 spiro atoms. The number of nitrogens with zero attached hydrogens (tertiary/aromatic N) is 8. The lowest BCUT2D eigenvalue weighted by Crippen LogP contribution is -2.51. The normalized spacial score (nSPS) is 20.3. The first kappa shape index (κ1) is 34.3. The predicted octanol–water partition coefficient (Wildman–Crippen LogP) is 2.23. The van der Waals surface area contributed by atoms with Crippen LogP contribution in [-0.2, 0) is 20.9 Å². The van der Waals surface area contributed by atoms with Gasteiger partial charge < -0.3 is 20.4 Å². The number of carbonyl (C=O) groups is 3. The van der Waals surface area contributed by atoms with Crippen LogP contribution in [0, 0.1) is 5.92 Å². The van der Waals surface area contributed by atoms with Crippen molar-refractivity contribution in [2.24, 2.45) is 5.92 Å². The summed E-state index contributed by atoms with van der Waals surface area (Å²) in [5, 5.41) is 11.0. The van der Waals surface area contributed by atoms with E-state index in [2.05, 4.69) is 30.4 Å². The van der Waals surface area contributed by atoms with E-state index in [0.717, 1.165) is 37.5 Å². The zero-order chi connectivity index (χ0) is 33.2. The second kappa shape index (κ2) is 16.7. The van der Waals surface area contributed by atoms with Crippen molar-refractivity contribution in [3.8, 4) is 11.4 Å². The van der Waals surface area contributed by atoms with Crippen LogP contribution in [0.2, 0.25) is 0 Å². The SMILES string of the molecule is CSCC[C@@H]1NC(=O)CCCN(C(=O)CN2CCN(c3ncccn3)CC2)CCn2nc(-c3ccccc3)nc2[C@@H](C(C)C)NC1=O. The van der Waals surface area contributed by atoms with Gasteiger partial charge in [0.15, 0.2) is 11.6 Å². The summed E-state index contributed by atoms with van der Waals surface area (Å²) in [6.07, 6.45) is 6.69. The minimum atomic E-state index is -0.665. The lowest BCUT2D eigenvalue weighted by molar-refractivity contribution is -0.133. The van der Waals surface area contributed by atoms with E-state index in [0.29, 0.717) is 50.1 Å². The van der Waals surface area contributed by atoms with E-state index in [1.807, 2.05) is 60.0 Å². The van der Waals surface area contributed by atoms with Crippen LogP contribution in [0.5, 0.6) is 0 Å². The van der Waals surface area contributed by atoms with E-state index in [1.165, 1.54) is 0 Å². The first-order valence-corrected chi connectivity index (χ1v) is 17.8. The number of amides is 3. The zero-order valence-corrected chi connectivity index (χ0v) is 28.4. The largest absolute Gasteiger partial charge is 0.344 e. The maximum atomic E-state index is 13.8. The van der Waals surface area contributed by atoms with Crippen LogP contribution in [0.15, 0.2) is 48.8 Å². The summed E-state index contributed by atoms with van der Waals surface area (Å²) < 4.78 is 1.84. The maximum absolute atomic E-state index is 13.8. The van der Waals surface area contributed by atoms with Gasteiger partial charge in [0.2, 0.25) is 23.7 Å². The fraction of sp³-hybridized carbons (Fsp3) is 0.545. The molecule has 5 rings (SSSR count). The van der Waals surface area contributed by atoms with E-state index in [-0.39, 0.29) is 36.6 Å². The summed E-state index contributed by atoms with van der Waals surface area (Å²) in [5.41, 5.74) is 0.873. The number of benzene rings is 1. The van der Waals surface area contributed by atoms with E-state index < -0.39 is 12.1 Å². The van der Waals surface area contributed by atoms with Crippen LogP contribution < -0.4 is 15.5 Å². The minimum absolute atomic E-state index is 0.00646. The van der Waals surface area contributed by atoms with Crippen LogP contribution in [0.3, 0.4) is 0 Å². The maximum Gasteiger partial charge on any atom is 0.243 e. The molecule has 0 unspecified atom stereocenters. The summed E-state index contributed by atoms with van der Waals surface area (Å²) in [6.45, 7) is 8.51. The molecule has 2 aliphatic heterocycles. The summed E-state index contributed by atoms with van der Waals surface area (Å²) >= 11 is 1.63. The van der Waals surface area contributed by atoms with Gasteiger partial charge in [-0.2, -0.15) is 16.9 Å². The van der Waals surface area contributed by atoms with Gasteiger partial charge in [0.1, 0.15) is 6.04 Å². The van der Waals surface area contributed by atoms with Crippen molar-refractivity contribution in [2.75, 3.05) is 62.7 Å². The molecule has 1 fully saturated rings. The van der Waals surface area contributed by atoms with Crippen molar-refractivity contribution in [3.05, 3.63) is 54.6 Å². The van der Waals surface area contributed by atoms with Crippen LogP contribution in [0.25, 0.3) is 11.4 Å². The molecule has 2 N–H and O–H groups in total. The van der Waals surface area contributed by atoms with Crippen LogP contribution in [-0.4, -0.2) is 116 Å². The van der Waals surface area contributed by atoms with Gasteiger partial charge in [-0.05, 0) is 36.8 Å². The van der Waals surface area contributed by atoms with Gasteiger partial charge in [0.05, 0.1) is 19.1 Å². The zero-order valence-electron chi connectivity index (χ0n) is 27.5. The third kappa shape index (κ3) is 9.28. The lowest BCUT2D eigenvalue weighted by Gasteiger charge is -2.35. The Morgan fingerprint density at radius 3 is 2.40 bits per heavy atom. The number of piperazine rings is 1.